The van der Waals surface area contributed by atoms with Crippen LogP contribution in [-0.2, 0) is 0 Å². The molecule has 0 radical (unpaired) electrons. The second-order valence-electron chi connectivity index (χ2n) is 4.62. The smallest absolute Gasteiger partial charge is 0.0751 e. The highest BCUT2D eigenvalue weighted by molar-refractivity contribution is 4.69. The van der Waals surface area contributed by atoms with Crippen molar-refractivity contribution in [1.29, 1.82) is 5.53 Å². The van der Waals surface area contributed by atoms with E-state index < -0.39 is 0 Å². The van der Waals surface area contributed by atoms with Crippen molar-refractivity contribution >= 4 is 0 Å². The molecule has 0 unspecified atom stereocenters. The van der Waals surface area contributed by atoms with Crippen LogP contribution in [-0.4, -0.2) is 31.1 Å². The lowest BCUT2D eigenvalue weighted by Gasteiger charge is -2.24. The highest BCUT2D eigenvalue weighted by Crippen LogP contribution is 2.11. The standard InChI is InChI=1S/C13H29N3/c1-4-6-7-8-9-10-11-13(12-15-14)16(3)5-2/h13-14H,4-12H2,1-3H3/t13-/m1/s1. The zero-order valence-corrected chi connectivity index (χ0v) is 11.3. The molecule has 0 bridgehead atoms. The number of hydrogen-bond acceptors (Lipinski definition) is 3. The molecule has 0 aliphatic heterocycles. The molecule has 0 rings (SSSR count). The monoisotopic (exact) mass is 227 g/mol. The van der Waals surface area contributed by atoms with E-state index in [4.69, 9.17) is 5.53 Å². The molecule has 0 aromatic rings. The number of rotatable bonds is 11. The molecule has 0 heterocycles. The Morgan fingerprint density at radius 1 is 1.06 bits per heavy atom. The third-order valence-electron chi connectivity index (χ3n) is 3.32. The van der Waals surface area contributed by atoms with E-state index in [0.717, 1.165) is 6.54 Å². The van der Waals surface area contributed by atoms with Crippen LogP contribution in [0.4, 0.5) is 0 Å². The molecule has 0 aliphatic rings. The van der Waals surface area contributed by atoms with Gasteiger partial charge in [0.2, 0.25) is 0 Å². The van der Waals surface area contributed by atoms with Gasteiger partial charge in [0.1, 0.15) is 0 Å². The van der Waals surface area contributed by atoms with Crippen LogP contribution >= 0.6 is 0 Å². The van der Waals surface area contributed by atoms with Gasteiger partial charge in [-0.05, 0) is 20.0 Å². The van der Waals surface area contributed by atoms with Gasteiger partial charge in [-0.1, -0.05) is 52.4 Å². The topological polar surface area (TPSA) is 39.5 Å². The Balaban J connectivity index is 3.55. The summed E-state index contributed by atoms with van der Waals surface area (Å²) in [5, 5.41) is 3.54. The van der Waals surface area contributed by atoms with Crippen molar-refractivity contribution in [3.05, 3.63) is 0 Å². The Labute approximate surface area is 101 Å². The van der Waals surface area contributed by atoms with E-state index in [-0.39, 0.29) is 0 Å². The average Bonchev–Trinajstić information content (AvgIpc) is 2.31. The van der Waals surface area contributed by atoms with Crippen LogP contribution in [0, 0.1) is 5.53 Å². The number of hydrogen-bond donors (Lipinski definition) is 1. The predicted octanol–water partition coefficient (Wildman–Crippen LogP) is 4.09. The first kappa shape index (κ1) is 15.6. The van der Waals surface area contributed by atoms with E-state index >= 15 is 0 Å². The molecule has 0 aromatic heterocycles. The maximum Gasteiger partial charge on any atom is 0.0751 e. The van der Waals surface area contributed by atoms with Crippen molar-refractivity contribution in [3.63, 3.8) is 0 Å². The third-order valence-corrected chi connectivity index (χ3v) is 3.32. The van der Waals surface area contributed by atoms with Crippen molar-refractivity contribution < 1.29 is 0 Å². The Morgan fingerprint density at radius 3 is 2.25 bits per heavy atom. The van der Waals surface area contributed by atoms with Crippen molar-refractivity contribution in [2.24, 2.45) is 5.11 Å². The van der Waals surface area contributed by atoms with E-state index in [0.29, 0.717) is 12.6 Å². The molecule has 1 N–H and O–H groups in total. The van der Waals surface area contributed by atoms with Crippen LogP contribution in [0.3, 0.4) is 0 Å². The van der Waals surface area contributed by atoms with Gasteiger partial charge < -0.3 is 4.90 Å². The average molecular weight is 227 g/mol. The minimum Gasteiger partial charge on any atom is -0.302 e. The van der Waals surface area contributed by atoms with Crippen LogP contribution in [0.5, 0.6) is 0 Å². The summed E-state index contributed by atoms with van der Waals surface area (Å²) in [4.78, 5) is 2.31. The molecule has 0 spiro atoms. The number of likely N-dealkylation sites (N-methyl/N-ethyl adjacent to an activating group) is 1. The van der Waals surface area contributed by atoms with Gasteiger partial charge in [-0.3, -0.25) is 0 Å². The first-order valence-electron chi connectivity index (χ1n) is 6.79. The fourth-order valence-corrected chi connectivity index (χ4v) is 1.97. The molecule has 0 amide bonds. The van der Waals surface area contributed by atoms with Crippen LogP contribution in [0.2, 0.25) is 0 Å². The zero-order chi connectivity index (χ0) is 12.2. The molecule has 16 heavy (non-hydrogen) atoms. The summed E-state index contributed by atoms with van der Waals surface area (Å²) in [6, 6.07) is 0.480. The van der Waals surface area contributed by atoms with Crippen LogP contribution in [0.1, 0.15) is 58.8 Å². The summed E-state index contributed by atoms with van der Waals surface area (Å²) in [6.07, 6.45) is 9.26. The number of unbranched alkanes of at least 4 members (excludes halogenated alkanes) is 5. The van der Waals surface area contributed by atoms with Gasteiger partial charge in [0, 0.05) is 6.04 Å². The molecule has 0 saturated heterocycles. The first-order chi connectivity index (χ1) is 7.76. The second kappa shape index (κ2) is 11.1. The summed E-state index contributed by atoms with van der Waals surface area (Å²) < 4.78 is 0. The van der Waals surface area contributed by atoms with E-state index in [1.165, 1.54) is 44.9 Å². The van der Waals surface area contributed by atoms with Crippen LogP contribution < -0.4 is 0 Å². The van der Waals surface area contributed by atoms with Gasteiger partial charge in [-0.15, -0.1) is 0 Å². The van der Waals surface area contributed by atoms with E-state index in [9.17, 15) is 0 Å². The van der Waals surface area contributed by atoms with Gasteiger partial charge in [-0.2, -0.15) is 5.11 Å². The van der Waals surface area contributed by atoms with Crippen molar-refractivity contribution in [2.45, 2.75) is 64.8 Å². The molecule has 0 fully saturated rings. The van der Waals surface area contributed by atoms with Crippen LogP contribution in [0.25, 0.3) is 0 Å². The Morgan fingerprint density at radius 2 is 1.69 bits per heavy atom. The molecule has 3 heteroatoms. The lowest BCUT2D eigenvalue weighted by Crippen LogP contribution is -2.33. The Hall–Kier alpha value is -0.440. The SMILES string of the molecule is CCCCCCCC[C@H](CN=N)N(C)CC. The normalized spacial score (nSPS) is 13.0. The van der Waals surface area contributed by atoms with Gasteiger partial charge in [-0.25, -0.2) is 5.53 Å². The van der Waals surface area contributed by atoms with Crippen molar-refractivity contribution in [1.82, 2.24) is 4.90 Å². The predicted molar refractivity (Wildman–Crippen MR) is 70.1 cm³/mol. The van der Waals surface area contributed by atoms with Gasteiger partial charge >= 0.3 is 0 Å². The zero-order valence-electron chi connectivity index (χ0n) is 11.3. The molecular formula is C13H29N3. The molecule has 0 saturated carbocycles. The van der Waals surface area contributed by atoms with E-state index in [1.54, 1.807) is 0 Å². The van der Waals surface area contributed by atoms with Crippen molar-refractivity contribution in [3.8, 4) is 0 Å². The minimum atomic E-state index is 0.480. The van der Waals surface area contributed by atoms with E-state index in [1.807, 2.05) is 0 Å². The quantitative estimate of drug-likeness (QED) is 0.419. The summed E-state index contributed by atoms with van der Waals surface area (Å²) in [6.45, 7) is 6.13. The van der Waals surface area contributed by atoms with Crippen molar-refractivity contribution in [2.75, 3.05) is 20.1 Å². The van der Waals surface area contributed by atoms with Gasteiger partial charge in [0.15, 0.2) is 0 Å². The molecule has 3 nitrogen and oxygen atoms in total. The third kappa shape index (κ3) is 7.80. The fourth-order valence-electron chi connectivity index (χ4n) is 1.97. The molecule has 0 aromatic carbocycles. The molecule has 96 valence electrons. The fraction of sp³-hybridized carbons (Fsp3) is 1.00. The van der Waals surface area contributed by atoms with Gasteiger partial charge in [0.25, 0.3) is 0 Å². The number of nitrogens with zero attached hydrogens (tertiary/aromatic N) is 2. The maximum atomic E-state index is 6.97. The summed E-state index contributed by atoms with van der Waals surface area (Å²) in [5.74, 6) is 0. The van der Waals surface area contributed by atoms with E-state index in [2.05, 4.69) is 30.9 Å². The Bertz CT molecular complexity index is 159. The molecule has 0 aliphatic carbocycles. The summed E-state index contributed by atoms with van der Waals surface area (Å²) >= 11 is 0. The molecular weight excluding hydrogens is 198 g/mol. The molecule has 1 atom stereocenters. The minimum absolute atomic E-state index is 0.480. The lowest BCUT2D eigenvalue weighted by atomic mass is 10.0. The van der Waals surface area contributed by atoms with Gasteiger partial charge in [0.05, 0.1) is 6.54 Å². The maximum absolute atomic E-state index is 6.97. The summed E-state index contributed by atoms with van der Waals surface area (Å²) in [5.41, 5.74) is 6.97. The largest absolute Gasteiger partial charge is 0.302 e. The van der Waals surface area contributed by atoms with Crippen LogP contribution in [0.15, 0.2) is 5.11 Å². The lowest BCUT2D eigenvalue weighted by molar-refractivity contribution is 0.239. The second-order valence-corrected chi connectivity index (χ2v) is 4.62. The highest BCUT2D eigenvalue weighted by Gasteiger charge is 2.11. The highest BCUT2D eigenvalue weighted by atomic mass is 15.1. The first-order valence-corrected chi connectivity index (χ1v) is 6.79. The summed E-state index contributed by atoms with van der Waals surface area (Å²) in [7, 11) is 2.13. The number of nitrogens with one attached hydrogen (secondary N) is 1. The Kier molecular flexibility index (Phi) is 10.8.